The van der Waals surface area contributed by atoms with Crippen molar-refractivity contribution in [2.75, 3.05) is 33.9 Å². The highest BCUT2D eigenvalue weighted by atomic mass is 32.2. The van der Waals surface area contributed by atoms with Gasteiger partial charge in [0, 0.05) is 55.4 Å². The Kier molecular flexibility index (Phi) is 7.83. The number of esters is 1. The van der Waals surface area contributed by atoms with Crippen LogP contribution in [0.3, 0.4) is 0 Å². The first-order chi connectivity index (χ1) is 20.6. The Morgan fingerprint density at radius 3 is 2.35 bits per heavy atom. The highest BCUT2D eigenvalue weighted by Gasteiger charge is 2.40. The number of aromatic nitrogens is 1. The minimum Gasteiger partial charge on any atom is -0.496 e. The average Bonchev–Trinajstić information content (AvgIpc) is 3.62. The first-order valence-corrected chi connectivity index (χ1v) is 16.2. The molecule has 2 aliphatic rings. The van der Waals surface area contributed by atoms with Crippen LogP contribution >= 0.6 is 0 Å². The van der Waals surface area contributed by atoms with Crippen molar-refractivity contribution in [3.63, 3.8) is 0 Å². The van der Waals surface area contributed by atoms with Gasteiger partial charge in [0.05, 0.1) is 30.2 Å². The third-order valence-electron chi connectivity index (χ3n) is 9.10. The van der Waals surface area contributed by atoms with Gasteiger partial charge in [-0.25, -0.2) is 17.2 Å². The summed E-state index contributed by atoms with van der Waals surface area (Å²) in [6.07, 6.45) is 2.81. The molecule has 0 amide bonds. The average molecular weight is 602 g/mol. The van der Waals surface area contributed by atoms with E-state index < -0.39 is 10.0 Å². The maximum Gasteiger partial charge on any atom is 0.337 e. The summed E-state index contributed by atoms with van der Waals surface area (Å²) in [5, 5.41) is 0.870. The van der Waals surface area contributed by atoms with Crippen LogP contribution in [0.2, 0.25) is 0 Å². The number of ether oxygens (including phenoxy) is 2. The van der Waals surface area contributed by atoms with Crippen LogP contribution in [0.1, 0.15) is 52.0 Å². The summed E-state index contributed by atoms with van der Waals surface area (Å²) in [7, 11) is -0.736. The zero-order valence-electron chi connectivity index (χ0n) is 25.4. The second-order valence-electron chi connectivity index (χ2n) is 12.1. The Morgan fingerprint density at radius 2 is 1.67 bits per heavy atom. The summed E-state index contributed by atoms with van der Waals surface area (Å²) in [4.78, 5) is 17.4. The Hall–Kier alpha value is -3.66. The summed E-state index contributed by atoms with van der Waals surface area (Å²) in [5.74, 6) is 1.03. The standard InChI is InChI=1S/C34H39N3O5S/c1-22-6-12-28(13-7-22)43(39,40)37-15-14-29-30(32(41-4)17-24(3)33(29)37)20-36-19-27-16-23(2)18-35(27)21-31(36)25-8-10-26(11-9-25)34(38)42-5/h6-15,17,23,27,31H,16,18-21H2,1-5H3/t23-,27+,31?/m1/s1. The molecule has 2 aliphatic heterocycles. The lowest BCUT2D eigenvalue weighted by molar-refractivity contribution is 0.0443. The first kappa shape index (κ1) is 29.4. The normalized spacial score (nSPS) is 21.2. The predicted molar refractivity (Wildman–Crippen MR) is 167 cm³/mol. The smallest absolute Gasteiger partial charge is 0.337 e. The number of rotatable bonds is 7. The molecule has 0 bridgehead atoms. The third-order valence-corrected chi connectivity index (χ3v) is 10.8. The van der Waals surface area contributed by atoms with Crippen molar-refractivity contribution < 1.29 is 22.7 Å². The van der Waals surface area contributed by atoms with Gasteiger partial charge < -0.3 is 9.47 Å². The number of nitrogens with zero attached hydrogens (tertiary/aromatic N) is 3. The lowest BCUT2D eigenvalue weighted by Crippen LogP contribution is -2.51. The van der Waals surface area contributed by atoms with E-state index in [2.05, 4.69) is 16.7 Å². The van der Waals surface area contributed by atoms with Crippen LogP contribution in [-0.4, -0.2) is 68.1 Å². The molecule has 3 heterocycles. The second-order valence-corrected chi connectivity index (χ2v) is 13.9. The number of fused-ring (bicyclic) bond motifs is 2. The molecule has 0 spiro atoms. The van der Waals surface area contributed by atoms with Crippen molar-refractivity contribution in [1.82, 2.24) is 13.8 Å². The lowest BCUT2D eigenvalue weighted by atomic mass is 9.96. The minimum atomic E-state index is -3.80. The maximum atomic E-state index is 13.8. The molecule has 2 saturated heterocycles. The third kappa shape index (κ3) is 5.34. The number of methoxy groups -OCH3 is 2. The van der Waals surface area contributed by atoms with Crippen molar-refractivity contribution in [3.05, 3.63) is 94.7 Å². The van der Waals surface area contributed by atoms with Crippen molar-refractivity contribution in [2.45, 2.75) is 50.7 Å². The molecule has 4 aromatic rings. The molecular weight excluding hydrogens is 562 g/mol. The summed E-state index contributed by atoms with van der Waals surface area (Å²) in [5.41, 5.74) is 5.14. The molecule has 6 rings (SSSR count). The fourth-order valence-electron chi connectivity index (χ4n) is 6.94. The largest absolute Gasteiger partial charge is 0.496 e. The van der Waals surface area contributed by atoms with Gasteiger partial charge in [-0.2, -0.15) is 0 Å². The van der Waals surface area contributed by atoms with Gasteiger partial charge in [0.25, 0.3) is 10.0 Å². The van der Waals surface area contributed by atoms with Crippen LogP contribution < -0.4 is 4.74 Å². The van der Waals surface area contributed by atoms with E-state index in [0.717, 1.165) is 59.4 Å². The fourth-order valence-corrected chi connectivity index (χ4v) is 8.35. The van der Waals surface area contributed by atoms with Crippen molar-refractivity contribution in [1.29, 1.82) is 0 Å². The second kappa shape index (κ2) is 11.4. The van der Waals surface area contributed by atoms with Gasteiger partial charge in [-0.1, -0.05) is 36.8 Å². The van der Waals surface area contributed by atoms with Gasteiger partial charge in [-0.05, 0) is 73.7 Å². The van der Waals surface area contributed by atoms with E-state index in [1.165, 1.54) is 11.1 Å². The van der Waals surface area contributed by atoms with Gasteiger partial charge in [0.15, 0.2) is 0 Å². The number of carbonyl (C=O) groups is 1. The lowest BCUT2D eigenvalue weighted by Gasteiger charge is -2.44. The zero-order chi connectivity index (χ0) is 30.5. The molecule has 1 unspecified atom stereocenters. The molecule has 3 atom stereocenters. The van der Waals surface area contributed by atoms with Crippen LogP contribution in [-0.2, 0) is 21.3 Å². The van der Waals surface area contributed by atoms with Crippen LogP contribution in [0.25, 0.3) is 10.9 Å². The van der Waals surface area contributed by atoms with E-state index in [-0.39, 0.29) is 16.9 Å². The summed E-state index contributed by atoms with van der Waals surface area (Å²) in [6, 6.07) is 19.1. The van der Waals surface area contributed by atoms with Crippen molar-refractivity contribution in [3.8, 4) is 5.75 Å². The van der Waals surface area contributed by atoms with Gasteiger partial charge in [0.2, 0.25) is 0 Å². The Morgan fingerprint density at radius 1 is 0.953 bits per heavy atom. The highest BCUT2D eigenvalue weighted by molar-refractivity contribution is 7.90. The highest BCUT2D eigenvalue weighted by Crippen LogP contribution is 2.39. The van der Waals surface area contributed by atoms with Crippen molar-refractivity contribution >= 4 is 26.9 Å². The fraction of sp³-hybridized carbons (Fsp3) is 0.382. The number of carbonyl (C=O) groups excluding carboxylic acids is 1. The van der Waals surface area contributed by atoms with E-state index >= 15 is 0 Å². The van der Waals surface area contributed by atoms with E-state index in [1.807, 2.05) is 62.4 Å². The van der Waals surface area contributed by atoms with Gasteiger partial charge in [-0.3, -0.25) is 9.80 Å². The summed E-state index contributed by atoms with van der Waals surface area (Å²) in [6.45, 7) is 9.62. The number of aryl methyl sites for hydroxylation is 2. The summed E-state index contributed by atoms with van der Waals surface area (Å²) >= 11 is 0. The Labute approximate surface area is 253 Å². The number of hydrogen-bond donors (Lipinski definition) is 0. The SMILES string of the molecule is COC(=O)c1ccc(C2CN3C[C@H](C)C[C@H]3CN2Cc2c(OC)cc(C)c3c2ccn3S(=O)(=O)c2ccc(C)cc2)cc1. The molecule has 0 radical (unpaired) electrons. The van der Waals surface area contributed by atoms with E-state index in [0.29, 0.717) is 29.6 Å². The molecule has 2 fully saturated rings. The van der Waals surface area contributed by atoms with Crippen LogP contribution in [0, 0.1) is 19.8 Å². The van der Waals surface area contributed by atoms with Gasteiger partial charge in [-0.15, -0.1) is 0 Å². The minimum absolute atomic E-state index is 0.0904. The van der Waals surface area contributed by atoms with Crippen LogP contribution in [0.4, 0.5) is 0 Å². The van der Waals surface area contributed by atoms with Crippen LogP contribution in [0.5, 0.6) is 5.75 Å². The number of benzene rings is 3. The topological polar surface area (TPSA) is 81.1 Å². The first-order valence-electron chi connectivity index (χ1n) is 14.8. The molecule has 0 aliphatic carbocycles. The van der Waals surface area contributed by atoms with Crippen molar-refractivity contribution in [2.24, 2.45) is 5.92 Å². The van der Waals surface area contributed by atoms with E-state index in [9.17, 15) is 13.2 Å². The predicted octanol–water partition coefficient (Wildman–Crippen LogP) is 5.56. The molecule has 43 heavy (non-hydrogen) atoms. The molecule has 8 nitrogen and oxygen atoms in total. The molecule has 9 heteroatoms. The van der Waals surface area contributed by atoms with Gasteiger partial charge >= 0.3 is 5.97 Å². The van der Waals surface area contributed by atoms with E-state index in [4.69, 9.17) is 9.47 Å². The zero-order valence-corrected chi connectivity index (χ0v) is 26.2. The molecule has 1 aromatic heterocycles. The van der Waals surface area contributed by atoms with E-state index in [1.54, 1.807) is 25.4 Å². The molecule has 3 aromatic carbocycles. The molecule has 226 valence electrons. The maximum absolute atomic E-state index is 13.8. The van der Waals surface area contributed by atoms with Gasteiger partial charge in [0.1, 0.15) is 5.75 Å². The van der Waals surface area contributed by atoms with Crippen LogP contribution in [0.15, 0.2) is 71.8 Å². The summed E-state index contributed by atoms with van der Waals surface area (Å²) < 4.78 is 39.8. The molecular formula is C34H39N3O5S. The Bertz CT molecular complexity index is 1760. The quantitative estimate of drug-likeness (QED) is 0.257. The molecule has 0 N–H and O–H groups in total. The Balaban J connectivity index is 1.42. The monoisotopic (exact) mass is 601 g/mol. The number of hydrogen-bond acceptors (Lipinski definition) is 7. The number of piperazine rings is 1. The molecule has 0 saturated carbocycles.